The molecule has 2 saturated heterocycles. The number of aliphatic hydroxyl groups is 1. The van der Waals surface area contributed by atoms with Crippen LogP contribution in [0.3, 0.4) is 0 Å². The Balaban J connectivity index is 1.62. The van der Waals surface area contributed by atoms with Crippen LogP contribution in [0.4, 0.5) is 0 Å². The van der Waals surface area contributed by atoms with Gasteiger partial charge in [0.1, 0.15) is 0 Å². The van der Waals surface area contributed by atoms with Crippen LogP contribution in [0.5, 0.6) is 0 Å². The number of fused-ring (bicyclic) bond motifs is 1. The van der Waals surface area contributed by atoms with Crippen molar-refractivity contribution in [2.45, 2.75) is 56.9 Å². The zero-order valence-electron chi connectivity index (χ0n) is 12.9. The first kappa shape index (κ1) is 16.2. The first-order valence-corrected chi connectivity index (χ1v) is 7.96. The monoisotopic (exact) mass is 286 g/mol. The summed E-state index contributed by atoms with van der Waals surface area (Å²) in [7, 11) is 1.66. The summed E-state index contributed by atoms with van der Waals surface area (Å²) in [4.78, 5) is 2.60. The van der Waals surface area contributed by atoms with Crippen molar-refractivity contribution < 1.29 is 14.6 Å². The lowest BCUT2D eigenvalue weighted by molar-refractivity contribution is -0.0318. The lowest BCUT2D eigenvalue weighted by Crippen LogP contribution is -2.47. The Morgan fingerprint density at radius 3 is 2.90 bits per heavy atom. The van der Waals surface area contributed by atoms with E-state index in [-0.39, 0.29) is 6.10 Å². The maximum absolute atomic E-state index is 9.98. The van der Waals surface area contributed by atoms with Gasteiger partial charge in [0, 0.05) is 32.3 Å². The average molecular weight is 286 g/mol. The largest absolute Gasteiger partial charge is 0.389 e. The number of rotatable bonds is 8. The molecule has 0 spiro atoms. The molecular weight excluding hydrogens is 256 g/mol. The highest BCUT2D eigenvalue weighted by atomic mass is 16.5. The van der Waals surface area contributed by atoms with Gasteiger partial charge in [0.05, 0.1) is 25.4 Å². The number of aliphatic hydroxyl groups excluding tert-OH is 1. The van der Waals surface area contributed by atoms with Gasteiger partial charge >= 0.3 is 0 Å². The van der Waals surface area contributed by atoms with Crippen molar-refractivity contribution >= 4 is 0 Å². The SMILES string of the molecule is COCC(C)OCC(O)CNC1CCN2CCCCC12. The van der Waals surface area contributed by atoms with Crippen molar-refractivity contribution in [3.8, 4) is 0 Å². The Bertz CT molecular complexity index is 278. The molecule has 0 aliphatic carbocycles. The Morgan fingerprint density at radius 1 is 1.25 bits per heavy atom. The minimum Gasteiger partial charge on any atom is -0.389 e. The highest BCUT2D eigenvalue weighted by molar-refractivity contribution is 4.94. The number of nitrogens with one attached hydrogen (secondary N) is 1. The zero-order chi connectivity index (χ0) is 14.4. The molecule has 0 saturated carbocycles. The predicted molar refractivity (Wildman–Crippen MR) is 78.9 cm³/mol. The van der Waals surface area contributed by atoms with E-state index in [0.717, 1.165) is 0 Å². The molecule has 0 aromatic carbocycles. The molecule has 2 heterocycles. The van der Waals surface area contributed by atoms with E-state index in [9.17, 15) is 5.11 Å². The van der Waals surface area contributed by atoms with Gasteiger partial charge in [-0.2, -0.15) is 0 Å². The zero-order valence-corrected chi connectivity index (χ0v) is 12.9. The summed E-state index contributed by atoms with van der Waals surface area (Å²) in [5.41, 5.74) is 0. The molecule has 2 N–H and O–H groups in total. The molecule has 0 amide bonds. The van der Waals surface area contributed by atoms with Gasteiger partial charge in [0.25, 0.3) is 0 Å². The number of nitrogens with zero attached hydrogens (tertiary/aromatic N) is 1. The maximum atomic E-state index is 9.98. The lowest BCUT2D eigenvalue weighted by atomic mass is 9.99. The summed E-state index contributed by atoms with van der Waals surface area (Å²) in [5.74, 6) is 0. The Kier molecular flexibility index (Phi) is 6.71. The van der Waals surface area contributed by atoms with Crippen LogP contribution in [-0.2, 0) is 9.47 Å². The second kappa shape index (κ2) is 8.29. The standard InChI is InChI=1S/C15H30N2O3/c1-12(10-19-2)20-11-13(18)9-16-14-6-8-17-7-4-3-5-15(14)17/h12-16,18H,3-11H2,1-2H3. The molecule has 20 heavy (non-hydrogen) atoms. The van der Waals surface area contributed by atoms with Crippen LogP contribution in [0.2, 0.25) is 0 Å². The van der Waals surface area contributed by atoms with Crippen LogP contribution < -0.4 is 5.32 Å². The highest BCUT2D eigenvalue weighted by Crippen LogP contribution is 2.26. The third kappa shape index (κ3) is 4.67. The third-order valence-corrected chi connectivity index (χ3v) is 4.45. The molecule has 118 valence electrons. The van der Waals surface area contributed by atoms with Crippen molar-refractivity contribution in [3.63, 3.8) is 0 Å². The summed E-state index contributed by atoms with van der Waals surface area (Å²) in [5, 5.41) is 13.5. The van der Waals surface area contributed by atoms with Gasteiger partial charge in [-0.3, -0.25) is 4.90 Å². The van der Waals surface area contributed by atoms with E-state index in [1.807, 2.05) is 6.92 Å². The Morgan fingerprint density at radius 2 is 2.10 bits per heavy atom. The van der Waals surface area contributed by atoms with Gasteiger partial charge in [-0.1, -0.05) is 6.42 Å². The van der Waals surface area contributed by atoms with Gasteiger partial charge in [0.15, 0.2) is 0 Å². The van der Waals surface area contributed by atoms with Crippen LogP contribution >= 0.6 is 0 Å². The summed E-state index contributed by atoms with van der Waals surface area (Å²) in [6.07, 6.45) is 4.80. The number of hydrogen-bond donors (Lipinski definition) is 2. The molecule has 0 aromatic heterocycles. The van der Waals surface area contributed by atoms with E-state index in [0.29, 0.717) is 31.8 Å². The molecule has 5 heteroatoms. The van der Waals surface area contributed by atoms with Gasteiger partial charge < -0.3 is 19.9 Å². The molecule has 2 rings (SSSR count). The van der Waals surface area contributed by atoms with Crippen molar-refractivity contribution in [1.29, 1.82) is 0 Å². The van der Waals surface area contributed by atoms with E-state index >= 15 is 0 Å². The van der Waals surface area contributed by atoms with Crippen LogP contribution in [0, 0.1) is 0 Å². The van der Waals surface area contributed by atoms with Crippen molar-refractivity contribution in [2.75, 3.05) is 40.0 Å². The molecule has 0 radical (unpaired) electrons. The van der Waals surface area contributed by atoms with Crippen molar-refractivity contribution in [1.82, 2.24) is 10.2 Å². The number of methoxy groups -OCH3 is 1. The second-order valence-electron chi connectivity index (χ2n) is 6.16. The molecule has 4 unspecified atom stereocenters. The van der Waals surface area contributed by atoms with E-state index < -0.39 is 6.10 Å². The third-order valence-electron chi connectivity index (χ3n) is 4.45. The van der Waals surface area contributed by atoms with E-state index in [1.165, 1.54) is 38.8 Å². The fourth-order valence-electron chi connectivity index (χ4n) is 3.39. The normalized spacial score (nSPS) is 30.1. The van der Waals surface area contributed by atoms with E-state index in [4.69, 9.17) is 9.47 Å². The van der Waals surface area contributed by atoms with Gasteiger partial charge in [-0.15, -0.1) is 0 Å². The minimum absolute atomic E-state index is 0.0370. The van der Waals surface area contributed by atoms with Crippen molar-refractivity contribution in [2.24, 2.45) is 0 Å². The van der Waals surface area contributed by atoms with Crippen LogP contribution in [0.1, 0.15) is 32.6 Å². The van der Waals surface area contributed by atoms with Crippen LogP contribution in [-0.4, -0.2) is 74.3 Å². The van der Waals surface area contributed by atoms with Crippen molar-refractivity contribution in [3.05, 3.63) is 0 Å². The Labute approximate surface area is 122 Å². The van der Waals surface area contributed by atoms with E-state index in [2.05, 4.69) is 10.2 Å². The molecule has 2 fully saturated rings. The summed E-state index contributed by atoms with van der Waals surface area (Å²) in [6.45, 7) is 5.98. The molecule has 5 nitrogen and oxygen atoms in total. The fraction of sp³-hybridized carbons (Fsp3) is 1.00. The second-order valence-corrected chi connectivity index (χ2v) is 6.16. The van der Waals surface area contributed by atoms with Gasteiger partial charge in [0.2, 0.25) is 0 Å². The first-order valence-electron chi connectivity index (χ1n) is 7.96. The molecule has 0 aromatic rings. The number of hydrogen-bond acceptors (Lipinski definition) is 5. The first-order chi connectivity index (χ1) is 9.70. The minimum atomic E-state index is -0.438. The summed E-state index contributed by atoms with van der Waals surface area (Å²) >= 11 is 0. The van der Waals surface area contributed by atoms with E-state index in [1.54, 1.807) is 7.11 Å². The molecule has 0 bridgehead atoms. The van der Waals surface area contributed by atoms with Gasteiger partial charge in [-0.25, -0.2) is 0 Å². The molecular formula is C15H30N2O3. The Hall–Kier alpha value is -0.200. The topological polar surface area (TPSA) is 54.0 Å². The predicted octanol–water partition coefficient (Wildman–Crippen LogP) is 0.615. The quantitative estimate of drug-likeness (QED) is 0.685. The molecule has 4 atom stereocenters. The van der Waals surface area contributed by atoms with Crippen LogP contribution in [0.25, 0.3) is 0 Å². The maximum Gasteiger partial charge on any atom is 0.0897 e. The van der Waals surface area contributed by atoms with Crippen LogP contribution in [0.15, 0.2) is 0 Å². The number of piperidine rings is 1. The summed E-state index contributed by atoms with van der Waals surface area (Å²) in [6, 6.07) is 1.23. The fourth-order valence-corrected chi connectivity index (χ4v) is 3.39. The molecule has 2 aliphatic heterocycles. The van der Waals surface area contributed by atoms with Gasteiger partial charge in [-0.05, 0) is 32.7 Å². The molecule has 2 aliphatic rings. The summed E-state index contributed by atoms with van der Waals surface area (Å²) < 4.78 is 10.5. The lowest BCUT2D eigenvalue weighted by Gasteiger charge is -2.33. The average Bonchev–Trinajstić information content (AvgIpc) is 2.86. The highest BCUT2D eigenvalue weighted by Gasteiger charge is 2.35. The number of ether oxygens (including phenoxy) is 2. The smallest absolute Gasteiger partial charge is 0.0897 e.